The van der Waals surface area contributed by atoms with Crippen molar-refractivity contribution in [3.63, 3.8) is 0 Å². The lowest BCUT2D eigenvalue weighted by molar-refractivity contribution is -0.137. The first-order valence-corrected chi connectivity index (χ1v) is 4.39. The van der Waals surface area contributed by atoms with Crippen molar-refractivity contribution in [3.05, 3.63) is 29.3 Å². The summed E-state index contributed by atoms with van der Waals surface area (Å²) in [6.07, 6.45) is -7.22. The van der Waals surface area contributed by atoms with Gasteiger partial charge in [-0.2, -0.15) is 13.2 Å². The highest BCUT2D eigenvalue weighted by molar-refractivity contribution is 5.35. The van der Waals surface area contributed by atoms with E-state index in [1.54, 1.807) is 0 Å². The monoisotopic (exact) mass is 240 g/mol. The molecule has 0 fully saturated rings. The molecule has 16 heavy (non-hydrogen) atoms. The maximum atomic E-state index is 12.3. The van der Waals surface area contributed by atoms with E-state index in [1.807, 2.05) is 0 Å². The molecule has 6 heteroatoms. The minimum atomic E-state index is -4.50. The first kappa shape index (κ1) is 12.7. The Morgan fingerprint density at radius 2 is 1.81 bits per heavy atom. The normalized spacial score (nSPS) is 11.9. The summed E-state index contributed by atoms with van der Waals surface area (Å²) in [5, 5.41) is 0. The molecule has 0 spiro atoms. The van der Waals surface area contributed by atoms with Crippen molar-refractivity contribution >= 4 is 0 Å². The molecule has 1 aromatic carbocycles. The van der Waals surface area contributed by atoms with Crippen LogP contribution in [0.15, 0.2) is 18.2 Å². The average Bonchev–Trinajstić information content (AvgIpc) is 2.12. The molecule has 0 N–H and O–H groups in total. The van der Waals surface area contributed by atoms with Crippen molar-refractivity contribution in [3.8, 4) is 5.75 Å². The maximum absolute atomic E-state index is 12.3. The molecule has 0 saturated carbocycles. The number of aryl methyl sites for hydroxylation is 1. The van der Waals surface area contributed by atoms with Crippen LogP contribution >= 0.6 is 0 Å². The van der Waals surface area contributed by atoms with Crippen LogP contribution in [-0.4, -0.2) is 13.0 Å². The van der Waals surface area contributed by atoms with Gasteiger partial charge in [-0.3, -0.25) is 0 Å². The Balaban J connectivity index is 2.90. The van der Waals surface area contributed by atoms with E-state index in [0.29, 0.717) is 11.6 Å². The van der Waals surface area contributed by atoms with Crippen molar-refractivity contribution in [2.24, 2.45) is 0 Å². The summed E-state index contributed by atoms with van der Waals surface area (Å²) >= 11 is 0. The molecule has 0 amide bonds. The highest BCUT2D eigenvalue weighted by atomic mass is 19.4. The Hall–Kier alpha value is -1.33. The summed E-state index contributed by atoms with van der Waals surface area (Å²) < 4.78 is 65.2. The summed E-state index contributed by atoms with van der Waals surface area (Å²) in [5.41, 5.74) is -0.601. The van der Waals surface area contributed by atoms with E-state index in [-0.39, 0.29) is 5.75 Å². The van der Waals surface area contributed by atoms with Crippen molar-refractivity contribution in [1.29, 1.82) is 0 Å². The second kappa shape index (κ2) is 4.67. The van der Waals surface area contributed by atoms with Gasteiger partial charge in [0.2, 0.25) is 0 Å². The van der Waals surface area contributed by atoms with Gasteiger partial charge >= 0.3 is 6.18 Å². The Morgan fingerprint density at radius 1 is 1.19 bits per heavy atom. The Bertz CT molecular complexity index is 359. The van der Waals surface area contributed by atoms with Gasteiger partial charge in [0, 0.05) is 0 Å². The Morgan fingerprint density at radius 3 is 2.31 bits per heavy atom. The molecule has 0 unspecified atom stereocenters. The number of halogens is 5. The third-order valence-electron chi connectivity index (χ3n) is 1.75. The minimum Gasteiger partial charge on any atom is -0.488 e. The molecule has 0 bridgehead atoms. The van der Waals surface area contributed by atoms with E-state index < -0.39 is 24.8 Å². The molecular weight excluding hydrogens is 231 g/mol. The zero-order chi connectivity index (χ0) is 12.3. The lowest BCUT2D eigenvalue weighted by Crippen LogP contribution is -2.09. The first-order chi connectivity index (χ1) is 7.29. The fraction of sp³-hybridized carbons (Fsp3) is 0.400. The third kappa shape index (κ3) is 3.67. The van der Waals surface area contributed by atoms with Crippen LogP contribution in [0.25, 0.3) is 0 Å². The molecule has 0 aliphatic carbocycles. The largest absolute Gasteiger partial charge is 0.488 e. The van der Waals surface area contributed by atoms with Crippen LogP contribution in [0.1, 0.15) is 11.1 Å². The molecule has 0 saturated heterocycles. The molecule has 90 valence electrons. The Labute approximate surface area is 88.8 Å². The highest BCUT2D eigenvalue weighted by Gasteiger charge is 2.31. The van der Waals surface area contributed by atoms with Gasteiger partial charge in [-0.1, -0.05) is 0 Å². The number of hydrogen-bond acceptors (Lipinski definition) is 1. The molecule has 0 aromatic heterocycles. The van der Waals surface area contributed by atoms with Crippen LogP contribution in [0.4, 0.5) is 22.0 Å². The second-order valence-electron chi connectivity index (χ2n) is 3.23. The van der Waals surface area contributed by atoms with Crippen molar-refractivity contribution in [1.82, 2.24) is 0 Å². The van der Waals surface area contributed by atoms with Crippen LogP contribution in [0.2, 0.25) is 0 Å². The highest BCUT2D eigenvalue weighted by Crippen LogP contribution is 2.32. The molecular formula is C10H9F5O. The molecule has 1 nitrogen and oxygen atoms in total. The summed E-state index contributed by atoms with van der Waals surface area (Å²) in [6, 6.07) is 2.90. The summed E-state index contributed by atoms with van der Waals surface area (Å²) in [5.74, 6) is -0.201. The zero-order valence-electron chi connectivity index (χ0n) is 8.31. The maximum Gasteiger partial charge on any atom is 0.416 e. The van der Waals surface area contributed by atoms with Crippen LogP contribution in [0, 0.1) is 6.92 Å². The van der Waals surface area contributed by atoms with E-state index in [2.05, 4.69) is 4.74 Å². The molecule has 0 radical (unpaired) electrons. The van der Waals surface area contributed by atoms with Gasteiger partial charge in [0.25, 0.3) is 6.43 Å². The van der Waals surface area contributed by atoms with Gasteiger partial charge in [0.05, 0.1) is 5.56 Å². The number of rotatable bonds is 3. The van der Waals surface area contributed by atoms with E-state index in [0.717, 1.165) is 6.07 Å². The van der Waals surface area contributed by atoms with Crippen molar-refractivity contribution in [2.75, 3.05) is 6.61 Å². The van der Waals surface area contributed by atoms with Crippen LogP contribution < -0.4 is 4.74 Å². The number of alkyl halides is 5. The van der Waals surface area contributed by atoms with Gasteiger partial charge in [0.1, 0.15) is 12.4 Å². The summed E-state index contributed by atoms with van der Waals surface area (Å²) in [6.45, 7) is 0.519. The zero-order valence-corrected chi connectivity index (χ0v) is 8.31. The topological polar surface area (TPSA) is 9.23 Å². The van der Waals surface area contributed by atoms with E-state index in [4.69, 9.17) is 0 Å². The van der Waals surface area contributed by atoms with Crippen molar-refractivity contribution < 1.29 is 26.7 Å². The fourth-order valence-corrected chi connectivity index (χ4v) is 1.15. The number of ether oxygens (including phenoxy) is 1. The SMILES string of the molecule is Cc1cc(OCC(F)F)cc(C(F)(F)F)c1. The van der Waals surface area contributed by atoms with Gasteiger partial charge in [-0.25, -0.2) is 8.78 Å². The standard InChI is InChI=1S/C10H9F5O/c1-6-2-7(10(13,14)15)4-8(3-6)16-5-9(11)12/h2-4,9H,5H2,1H3. The minimum absolute atomic E-state index is 0.201. The second-order valence-corrected chi connectivity index (χ2v) is 3.23. The predicted octanol–water partition coefficient (Wildman–Crippen LogP) is 3.66. The Kier molecular flexibility index (Phi) is 3.72. The number of hydrogen-bond donors (Lipinski definition) is 0. The van der Waals surface area contributed by atoms with Gasteiger partial charge in [-0.15, -0.1) is 0 Å². The van der Waals surface area contributed by atoms with Crippen molar-refractivity contribution in [2.45, 2.75) is 19.5 Å². The molecule has 0 heterocycles. The molecule has 1 rings (SSSR count). The molecule has 0 aliphatic rings. The first-order valence-electron chi connectivity index (χ1n) is 4.39. The average molecular weight is 240 g/mol. The molecule has 1 aromatic rings. The lowest BCUT2D eigenvalue weighted by atomic mass is 10.1. The van der Waals surface area contributed by atoms with Gasteiger partial charge < -0.3 is 4.74 Å². The van der Waals surface area contributed by atoms with Crippen LogP contribution in [0.5, 0.6) is 5.75 Å². The number of benzene rings is 1. The lowest BCUT2D eigenvalue weighted by Gasteiger charge is -2.11. The molecule has 0 aliphatic heterocycles. The van der Waals surface area contributed by atoms with Crippen LogP contribution in [-0.2, 0) is 6.18 Å². The van der Waals surface area contributed by atoms with E-state index in [9.17, 15) is 22.0 Å². The van der Waals surface area contributed by atoms with Gasteiger partial charge in [-0.05, 0) is 30.7 Å². The van der Waals surface area contributed by atoms with E-state index >= 15 is 0 Å². The quantitative estimate of drug-likeness (QED) is 0.732. The smallest absolute Gasteiger partial charge is 0.416 e. The van der Waals surface area contributed by atoms with E-state index in [1.165, 1.54) is 13.0 Å². The molecule has 0 atom stereocenters. The fourth-order valence-electron chi connectivity index (χ4n) is 1.15. The third-order valence-corrected chi connectivity index (χ3v) is 1.75. The summed E-state index contributed by atoms with van der Waals surface area (Å²) in [7, 11) is 0. The van der Waals surface area contributed by atoms with Crippen LogP contribution in [0.3, 0.4) is 0 Å². The summed E-state index contributed by atoms with van der Waals surface area (Å²) in [4.78, 5) is 0. The predicted molar refractivity (Wildman–Crippen MR) is 47.7 cm³/mol. The van der Waals surface area contributed by atoms with Gasteiger partial charge in [0.15, 0.2) is 0 Å².